The average Bonchev–Trinajstić information content (AvgIpc) is 2.14. The molecular formula is C11H22O4. The van der Waals surface area contributed by atoms with Crippen molar-refractivity contribution in [1.29, 1.82) is 0 Å². The van der Waals surface area contributed by atoms with Crippen LogP contribution in [0.25, 0.3) is 0 Å². The molecule has 15 heavy (non-hydrogen) atoms. The minimum Gasteiger partial charge on any atom is -0.481 e. The number of hydrogen-bond donors (Lipinski definition) is 1. The molecule has 0 aromatic heterocycles. The third-order valence-electron chi connectivity index (χ3n) is 1.33. The molecule has 0 saturated carbocycles. The highest BCUT2D eigenvalue weighted by molar-refractivity contribution is 5.71. The van der Waals surface area contributed by atoms with Gasteiger partial charge < -0.3 is 9.84 Å². The second-order valence-electron chi connectivity index (χ2n) is 3.93. The van der Waals surface area contributed by atoms with Gasteiger partial charge in [-0.25, -0.2) is 0 Å². The van der Waals surface area contributed by atoms with Crippen LogP contribution in [0.2, 0.25) is 0 Å². The standard InChI is InChI=1S/C8H16O2.C3H6O2/c1-6(2)5-10-8(9)7(3)4;1-2-3(4)5/h6-7H,5H2,1-4H3;2H2,1H3,(H,4,5). The molecule has 0 spiro atoms. The van der Waals surface area contributed by atoms with Gasteiger partial charge in [0.2, 0.25) is 0 Å². The monoisotopic (exact) mass is 218 g/mol. The highest BCUT2D eigenvalue weighted by atomic mass is 16.5. The van der Waals surface area contributed by atoms with E-state index in [-0.39, 0.29) is 18.3 Å². The maximum Gasteiger partial charge on any atom is 0.308 e. The van der Waals surface area contributed by atoms with Crippen molar-refractivity contribution in [3.05, 3.63) is 0 Å². The molecule has 0 aromatic rings. The lowest BCUT2D eigenvalue weighted by atomic mass is 10.2. The Balaban J connectivity index is 0. The van der Waals surface area contributed by atoms with Gasteiger partial charge in [0.15, 0.2) is 0 Å². The first-order valence-electron chi connectivity index (χ1n) is 5.19. The third-order valence-corrected chi connectivity index (χ3v) is 1.33. The van der Waals surface area contributed by atoms with Crippen molar-refractivity contribution < 1.29 is 19.4 Å². The molecule has 0 heterocycles. The van der Waals surface area contributed by atoms with Crippen LogP contribution in [-0.2, 0) is 14.3 Å². The number of esters is 1. The SMILES string of the molecule is CC(C)COC(=O)C(C)C.CCC(=O)O. The van der Waals surface area contributed by atoms with Gasteiger partial charge in [-0.2, -0.15) is 0 Å². The summed E-state index contributed by atoms with van der Waals surface area (Å²) in [6, 6.07) is 0. The Morgan fingerprint density at radius 1 is 1.20 bits per heavy atom. The summed E-state index contributed by atoms with van der Waals surface area (Å²) in [4.78, 5) is 20.2. The number of carbonyl (C=O) groups excluding carboxylic acids is 1. The van der Waals surface area contributed by atoms with Crippen molar-refractivity contribution in [2.75, 3.05) is 6.61 Å². The summed E-state index contributed by atoms with van der Waals surface area (Å²) in [5.41, 5.74) is 0. The summed E-state index contributed by atoms with van der Waals surface area (Å²) in [5, 5.41) is 7.72. The van der Waals surface area contributed by atoms with Gasteiger partial charge in [0.05, 0.1) is 12.5 Å². The Hall–Kier alpha value is -1.06. The predicted molar refractivity (Wildman–Crippen MR) is 58.6 cm³/mol. The molecule has 4 nitrogen and oxygen atoms in total. The molecule has 0 atom stereocenters. The summed E-state index contributed by atoms with van der Waals surface area (Å²) in [7, 11) is 0. The summed E-state index contributed by atoms with van der Waals surface area (Å²) < 4.78 is 4.93. The largest absolute Gasteiger partial charge is 0.481 e. The van der Waals surface area contributed by atoms with Gasteiger partial charge in [0.25, 0.3) is 0 Å². The van der Waals surface area contributed by atoms with E-state index in [4.69, 9.17) is 9.84 Å². The quantitative estimate of drug-likeness (QED) is 0.735. The van der Waals surface area contributed by atoms with Crippen molar-refractivity contribution in [2.45, 2.75) is 41.0 Å². The number of aliphatic carboxylic acids is 1. The molecule has 0 saturated heterocycles. The summed E-state index contributed by atoms with van der Waals surface area (Å²) in [5.74, 6) is -0.417. The Morgan fingerprint density at radius 2 is 1.60 bits per heavy atom. The lowest BCUT2D eigenvalue weighted by Gasteiger charge is -2.08. The first kappa shape index (κ1) is 16.4. The molecule has 0 radical (unpaired) electrons. The second-order valence-corrected chi connectivity index (χ2v) is 3.93. The van der Waals surface area contributed by atoms with E-state index in [0.717, 1.165) is 0 Å². The van der Waals surface area contributed by atoms with Crippen molar-refractivity contribution in [3.8, 4) is 0 Å². The fourth-order valence-corrected chi connectivity index (χ4v) is 0.415. The van der Waals surface area contributed by atoms with Gasteiger partial charge in [-0.05, 0) is 5.92 Å². The molecule has 0 aliphatic rings. The molecule has 0 aromatic carbocycles. The van der Waals surface area contributed by atoms with Gasteiger partial charge >= 0.3 is 11.9 Å². The fourth-order valence-electron chi connectivity index (χ4n) is 0.415. The van der Waals surface area contributed by atoms with Crippen LogP contribution in [0.3, 0.4) is 0 Å². The van der Waals surface area contributed by atoms with Crippen LogP contribution in [0.5, 0.6) is 0 Å². The van der Waals surface area contributed by atoms with Crippen LogP contribution in [0.4, 0.5) is 0 Å². The van der Waals surface area contributed by atoms with Crippen LogP contribution in [-0.4, -0.2) is 23.7 Å². The summed E-state index contributed by atoms with van der Waals surface area (Å²) in [6.07, 6.45) is 0.222. The topological polar surface area (TPSA) is 63.6 Å². The van der Waals surface area contributed by atoms with Gasteiger partial charge in [-0.1, -0.05) is 34.6 Å². The van der Waals surface area contributed by atoms with E-state index in [2.05, 4.69) is 0 Å². The number of carboxylic acid groups (broad SMARTS) is 1. The molecule has 0 unspecified atom stereocenters. The second kappa shape index (κ2) is 9.49. The number of carbonyl (C=O) groups is 2. The van der Waals surface area contributed by atoms with Gasteiger partial charge in [0.1, 0.15) is 0 Å². The first-order chi connectivity index (χ1) is 6.81. The van der Waals surface area contributed by atoms with Crippen molar-refractivity contribution in [2.24, 2.45) is 11.8 Å². The molecule has 90 valence electrons. The Morgan fingerprint density at radius 3 is 1.80 bits per heavy atom. The molecule has 0 rings (SSSR count). The molecule has 0 aliphatic carbocycles. The van der Waals surface area contributed by atoms with Crippen molar-refractivity contribution in [1.82, 2.24) is 0 Å². The van der Waals surface area contributed by atoms with E-state index >= 15 is 0 Å². The highest BCUT2D eigenvalue weighted by Crippen LogP contribution is 1.99. The van der Waals surface area contributed by atoms with Crippen LogP contribution >= 0.6 is 0 Å². The predicted octanol–water partition coefficient (Wildman–Crippen LogP) is 2.32. The van der Waals surface area contributed by atoms with Crippen molar-refractivity contribution >= 4 is 11.9 Å². The normalized spacial score (nSPS) is 9.53. The molecule has 4 heteroatoms. The molecular weight excluding hydrogens is 196 g/mol. The number of hydrogen-bond acceptors (Lipinski definition) is 3. The zero-order valence-corrected chi connectivity index (χ0v) is 10.2. The molecule has 0 bridgehead atoms. The van der Waals surface area contributed by atoms with E-state index in [1.165, 1.54) is 0 Å². The summed E-state index contributed by atoms with van der Waals surface area (Å²) >= 11 is 0. The van der Waals surface area contributed by atoms with Gasteiger partial charge in [-0.3, -0.25) is 9.59 Å². The molecule has 1 N–H and O–H groups in total. The Bertz CT molecular complexity index is 185. The van der Waals surface area contributed by atoms with Crippen molar-refractivity contribution in [3.63, 3.8) is 0 Å². The zero-order chi connectivity index (χ0) is 12.4. The Kier molecular flexibility index (Phi) is 10.4. The van der Waals surface area contributed by atoms with E-state index in [1.54, 1.807) is 6.92 Å². The zero-order valence-electron chi connectivity index (χ0n) is 10.2. The smallest absolute Gasteiger partial charge is 0.308 e. The Labute approximate surface area is 91.6 Å². The van der Waals surface area contributed by atoms with E-state index in [0.29, 0.717) is 12.5 Å². The number of ether oxygens (including phenoxy) is 1. The maximum atomic E-state index is 10.8. The van der Waals surface area contributed by atoms with Crippen LogP contribution in [0.1, 0.15) is 41.0 Å². The lowest BCUT2D eigenvalue weighted by Crippen LogP contribution is -2.14. The maximum absolute atomic E-state index is 10.8. The lowest BCUT2D eigenvalue weighted by molar-refractivity contribution is -0.148. The molecule has 0 amide bonds. The van der Waals surface area contributed by atoms with Crippen LogP contribution < -0.4 is 0 Å². The minimum atomic E-state index is -0.745. The molecule has 0 fully saturated rings. The minimum absolute atomic E-state index is 0.00116. The fraction of sp³-hybridized carbons (Fsp3) is 0.818. The number of carboxylic acids is 1. The van der Waals surface area contributed by atoms with E-state index in [1.807, 2.05) is 27.7 Å². The van der Waals surface area contributed by atoms with Gasteiger partial charge in [0, 0.05) is 6.42 Å². The summed E-state index contributed by atoms with van der Waals surface area (Å²) in [6.45, 7) is 9.85. The van der Waals surface area contributed by atoms with E-state index < -0.39 is 5.97 Å². The highest BCUT2D eigenvalue weighted by Gasteiger charge is 2.07. The first-order valence-corrected chi connectivity index (χ1v) is 5.19. The number of rotatable bonds is 4. The average molecular weight is 218 g/mol. The van der Waals surface area contributed by atoms with E-state index in [9.17, 15) is 9.59 Å². The van der Waals surface area contributed by atoms with Gasteiger partial charge in [-0.15, -0.1) is 0 Å². The van der Waals surface area contributed by atoms with Crippen LogP contribution in [0, 0.1) is 11.8 Å². The molecule has 0 aliphatic heterocycles. The third kappa shape index (κ3) is 15.7. The van der Waals surface area contributed by atoms with Crippen LogP contribution in [0.15, 0.2) is 0 Å².